The number of hydrogen-bond donors (Lipinski definition) is 2. The molecule has 19 heavy (non-hydrogen) atoms. The number of pyridine rings is 1. The van der Waals surface area contributed by atoms with E-state index in [4.69, 9.17) is 0 Å². The average molecular weight is 261 g/mol. The summed E-state index contributed by atoms with van der Waals surface area (Å²) in [6.45, 7) is 7.84. The SMILES string of the molecule is CCCNc1cc(NC2CCC(CC)C2C)ccn1. The minimum Gasteiger partial charge on any atom is -0.382 e. The van der Waals surface area contributed by atoms with Gasteiger partial charge in [0.05, 0.1) is 0 Å². The molecule has 3 heteroatoms. The minimum absolute atomic E-state index is 0.617. The van der Waals surface area contributed by atoms with Crippen molar-refractivity contribution in [1.29, 1.82) is 0 Å². The molecule has 1 aliphatic rings. The summed E-state index contributed by atoms with van der Waals surface area (Å²) in [7, 11) is 0. The van der Waals surface area contributed by atoms with Crippen molar-refractivity contribution in [1.82, 2.24) is 4.98 Å². The number of hydrogen-bond acceptors (Lipinski definition) is 3. The molecular weight excluding hydrogens is 234 g/mol. The first-order valence-electron chi connectivity index (χ1n) is 7.71. The van der Waals surface area contributed by atoms with Crippen LogP contribution in [-0.2, 0) is 0 Å². The van der Waals surface area contributed by atoms with Crippen molar-refractivity contribution in [3.05, 3.63) is 18.3 Å². The first kappa shape index (κ1) is 14.2. The van der Waals surface area contributed by atoms with Gasteiger partial charge in [-0.05, 0) is 37.2 Å². The molecule has 3 nitrogen and oxygen atoms in total. The Balaban J connectivity index is 1.95. The monoisotopic (exact) mass is 261 g/mol. The molecule has 2 N–H and O–H groups in total. The van der Waals surface area contributed by atoms with Crippen molar-refractivity contribution in [3.8, 4) is 0 Å². The standard InChI is InChI=1S/C16H27N3/c1-4-9-17-16-11-14(8-10-18-16)19-15-7-6-13(5-2)12(15)3/h8,10-13,15H,4-7,9H2,1-3H3,(H2,17,18,19). The molecule has 1 heterocycles. The highest BCUT2D eigenvalue weighted by Crippen LogP contribution is 2.35. The fourth-order valence-corrected chi connectivity index (χ4v) is 3.11. The molecule has 1 aromatic rings. The molecule has 0 aliphatic heterocycles. The lowest BCUT2D eigenvalue weighted by molar-refractivity contribution is 0.392. The maximum Gasteiger partial charge on any atom is 0.127 e. The molecule has 106 valence electrons. The first-order valence-corrected chi connectivity index (χ1v) is 7.71. The molecule has 1 saturated carbocycles. The van der Waals surface area contributed by atoms with Crippen molar-refractivity contribution in [2.24, 2.45) is 11.8 Å². The third-order valence-electron chi connectivity index (χ3n) is 4.42. The zero-order valence-corrected chi connectivity index (χ0v) is 12.4. The summed E-state index contributed by atoms with van der Waals surface area (Å²) in [5.74, 6) is 2.63. The molecule has 0 amide bonds. The fourth-order valence-electron chi connectivity index (χ4n) is 3.11. The fraction of sp³-hybridized carbons (Fsp3) is 0.688. The van der Waals surface area contributed by atoms with Crippen LogP contribution < -0.4 is 10.6 Å². The Hall–Kier alpha value is -1.25. The van der Waals surface area contributed by atoms with Gasteiger partial charge < -0.3 is 10.6 Å². The lowest BCUT2D eigenvalue weighted by atomic mass is 9.93. The molecule has 0 saturated heterocycles. The summed E-state index contributed by atoms with van der Waals surface area (Å²) in [6.07, 6.45) is 6.97. The van der Waals surface area contributed by atoms with Crippen molar-refractivity contribution >= 4 is 11.5 Å². The van der Waals surface area contributed by atoms with E-state index in [1.807, 2.05) is 6.20 Å². The molecule has 2 rings (SSSR count). The lowest BCUT2D eigenvalue weighted by Crippen LogP contribution is -2.24. The maximum atomic E-state index is 4.35. The highest BCUT2D eigenvalue weighted by Gasteiger charge is 2.31. The third-order valence-corrected chi connectivity index (χ3v) is 4.42. The molecule has 0 aromatic carbocycles. The average Bonchev–Trinajstić information content (AvgIpc) is 2.78. The zero-order chi connectivity index (χ0) is 13.7. The number of nitrogens with zero attached hydrogens (tertiary/aromatic N) is 1. The third kappa shape index (κ3) is 3.62. The van der Waals surface area contributed by atoms with E-state index in [2.05, 4.69) is 48.5 Å². The lowest BCUT2D eigenvalue weighted by Gasteiger charge is -2.22. The van der Waals surface area contributed by atoms with Crippen LogP contribution in [0.5, 0.6) is 0 Å². The van der Waals surface area contributed by atoms with Crippen LogP contribution in [0, 0.1) is 11.8 Å². The summed E-state index contributed by atoms with van der Waals surface area (Å²) < 4.78 is 0. The van der Waals surface area contributed by atoms with Crippen LogP contribution in [0.3, 0.4) is 0 Å². The Labute approximate surface area is 117 Å². The van der Waals surface area contributed by atoms with Gasteiger partial charge in [-0.25, -0.2) is 4.98 Å². The molecule has 1 aliphatic carbocycles. The predicted molar refractivity (Wildman–Crippen MR) is 82.6 cm³/mol. The molecule has 1 fully saturated rings. The van der Waals surface area contributed by atoms with Crippen molar-refractivity contribution in [2.75, 3.05) is 17.2 Å². The molecule has 1 aromatic heterocycles. The Bertz CT molecular complexity index is 391. The molecular formula is C16H27N3. The van der Waals surface area contributed by atoms with Crippen molar-refractivity contribution in [3.63, 3.8) is 0 Å². The smallest absolute Gasteiger partial charge is 0.127 e. The van der Waals surface area contributed by atoms with Gasteiger partial charge in [-0.2, -0.15) is 0 Å². The van der Waals surface area contributed by atoms with Gasteiger partial charge in [0.2, 0.25) is 0 Å². The maximum absolute atomic E-state index is 4.35. The van der Waals surface area contributed by atoms with Crippen LogP contribution in [0.2, 0.25) is 0 Å². The van der Waals surface area contributed by atoms with Crippen molar-refractivity contribution < 1.29 is 0 Å². The minimum atomic E-state index is 0.617. The van der Waals surface area contributed by atoms with E-state index >= 15 is 0 Å². The largest absolute Gasteiger partial charge is 0.382 e. The van der Waals surface area contributed by atoms with Crippen LogP contribution in [0.1, 0.15) is 46.5 Å². The summed E-state index contributed by atoms with van der Waals surface area (Å²) in [4.78, 5) is 4.35. The Morgan fingerprint density at radius 3 is 2.84 bits per heavy atom. The van der Waals surface area contributed by atoms with E-state index in [0.29, 0.717) is 6.04 Å². The Kier molecular flexibility index (Phi) is 5.06. The van der Waals surface area contributed by atoms with Gasteiger partial charge in [0.15, 0.2) is 0 Å². The van der Waals surface area contributed by atoms with E-state index in [0.717, 1.165) is 30.6 Å². The van der Waals surface area contributed by atoms with E-state index in [1.54, 1.807) is 0 Å². The summed E-state index contributed by atoms with van der Waals surface area (Å²) in [6, 6.07) is 4.82. The highest BCUT2D eigenvalue weighted by atomic mass is 15.0. The van der Waals surface area contributed by atoms with Gasteiger partial charge in [0.25, 0.3) is 0 Å². The highest BCUT2D eigenvalue weighted by molar-refractivity contribution is 5.52. The van der Waals surface area contributed by atoms with E-state index in [1.165, 1.54) is 24.9 Å². The summed E-state index contributed by atoms with van der Waals surface area (Å²) >= 11 is 0. The quantitative estimate of drug-likeness (QED) is 0.808. The predicted octanol–water partition coefficient (Wildman–Crippen LogP) is 4.14. The van der Waals surface area contributed by atoms with Gasteiger partial charge in [-0.3, -0.25) is 0 Å². The van der Waals surface area contributed by atoms with Gasteiger partial charge in [-0.15, -0.1) is 0 Å². The molecule has 3 atom stereocenters. The second-order valence-corrected chi connectivity index (χ2v) is 5.71. The summed E-state index contributed by atoms with van der Waals surface area (Å²) in [5.41, 5.74) is 1.20. The Morgan fingerprint density at radius 2 is 2.16 bits per heavy atom. The first-order chi connectivity index (χ1) is 9.24. The second kappa shape index (κ2) is 6.78. The number of aromatic nitrogens is 1. The van der Waals surface area contributed by atoms with Gasteiger partial charge >= 0.3 is 0 Å². The second-order valence-electron chi connectivity index (χ2n) is 5.71. The van der Waals surface area contributed by atoms with Crippen LogP contribution in [0.25, 0.3) is 0 Å². The summed E-state index contributed by atoms with van der Waals surface area (Å²) in [5, 5.41) is 7.03. The number of rotatable bonds is 6. The molecule has 3 unspecified atom stereocenters. The number of nitrogens with one attached hydrogen (secondary N) is 2. The molecule has 0 spiro atoms. The van der Waals surface area contributed by atoms with Crippen LogP contribution >= 0.6 is 0 Å². The van der Waals surface area contributed by atoms with Crippen LogP contribution in [0.4, 0.5) is 11.5 Å². The van der Waals surface area contributed by atoms with Gasteiger partial charge in [0, 0.05) is 30.5 Å². The number of anilines is 2. The van der Waals surface area contributed by atoms with Gasteiger partial charge in [-0.1, -0.05) is 27.2 Å². The van der Waals surface area contributed by atoms with Crippen molar-refractivity contribution in [2.45, 2.75) is 52.5 Å². The molecule has 0 radical (unpaired) electrons. The van der Waals surface area contributed by atoms with E-state index in [-0.39, 0.29) is 0 Å². The van der Waals surface area contributed by atoms with Crippen LogP contribution in [0.15, 0.2) is 18.3 Å². The normalized spacial score (nSPS) is 26.4. The van der Waals surface area contributed by atoms with Gasteiger partial charge in [0.1, 0.15) is 5.82 Å². The van der Waals surface area contributed by atoms with Crippen LogP contribution in [-0.4, -0.2) is 17.6 Å². The topological polar surface area (TPSA) is 37.0 Å². The van der Waals surface area contributed by atoms with E-state index in [9.17, 15) is 0 Å². The molecule has 0 bridgehead atoms. The zero-order valence-electron chi connectivity index (χ0n) is 12.4. The Morgan fingerprint density at radius 1 is 1.32 bits per heavy atom. The van der Waals surface area contributed by atoms with E-state index < -0.39 is 0 Å².